The van der Waals surface area contributed by atoms with Crippen molar-refractivity contribution in [2.45, 2.75) is 26.4 Å². The molecule has 1 aromatic carbocycles. The van der Waals surface area contributed by atoms with Gasteiger partial charge in [-0.1, -0.05) is 13.0 Å². The molecule has 0 aliphatic heterocycles. The van der Waals surface area contributed by atoms with Crippen LogP contribution < -0.4 is 5.32 Å². The van der Waals surface area contributed by atoms with E-state index in [0.717, 1.165) is 15.5 Å². The Morgan fingerprint density at radius 3 is 2.50 bits per heavy atom. The zero-order valence-electron chi connectivity index (χ0n) is 9.50. The largest absolute Gasteiger partial charge is 0.396 e. The first-order valence-electron chi connectivity index (χ1n) is 5.32. The molecule has 2 N–H and O–H groups in total. The van der Waals surface area contributed by atoms with Crippen molar-refractivity contribution in [1.82, 2.24) is 5.32 Å². The molecule has 2 nitrogen and oxygen atoms in total. The lowest BCUT2D eigenvalue weighted by Gasteiger charge is -2.19. The van der Waals surface area contributed by atoms with Crippen LogP contribution in [0.4, 0.5) is 0 Å². The van der Waals surface area contributed by atoms with Crippen LogP contribution in [-0.2, 0) is 6.54 Å². The Morgan fingerprint density at radius 1 is 1.25 bits per heavy atom. The quantitative estimate of drug-likeness (QED) is 0.853. The van der Waals surface area contributed by atoms with Crippen molar-refractivity contribution in [1.29, 1.82) is 0 Å². The maximum atomic E-state index is 9.03. The van der Waals surface area contributed by atoms with E-state index >= 15 is 0 Å². The Bertz CT molecular complexity index is 344. The second kappa shape index (κ2) is 6.74. The van der Waals surface area contributed by atoms with Gasteiger partial charge >= 0.3 is 0 Å². The monoisotopic (exact) mass is 349 g/mol. The highest BCUT2D eigenvalue weighted by molar-refractivity contribution is 9.13. The number of nitrogens with one attached hydrogen (secondary N) is 1. The van der Waals surface area contributed by atoms with E-state index in [4.69, 9.17) is 5.11 Å². The molecule has 1 rings (SSSR count). The molecule has 2 atom stereocenters. The van der Waals surface area contributed by atoms with Gasteiger partial charge in [0.25, 0.3) is 0 Å². The lowest BCUT2D eigenvalue weighted by atomic mass is 10.0. The van der Waals surface area contributed by atoms with E-state index in [9.17, 15) is 0 Å². The molecule has 0 aliphatic carbocycles. The van der Waals surface area contributed by atoms with Gasteiger partial charge in [0.2, 0.25) is 0 Å². The van der Waals surface area contributed by atoms with Crippen LogP contribution in [0.15, 0.2) is 27.1 Å². The Hall–Kier alpha value is 0.1000. The van der Waals surface area contributed by atoms with E-state index < -0.39 is 0 Å². The summed E-state index contributed by atoms with van der Waals surface area (Å²) in [7, 11) is 0. The van der Waals surface area contributed by atoms with Crippen molar-refractivity contribution in [2.75, 3.05) is 6.61 Å². The first-order valence-corrected chi connectivity index (χ1v) is 6.91. The highest BCUT2D eigenvalue weighted by atomic mass is 79.9. The first-order chi connectivity index (χ1) is 7.54. The molecule has 90 valence electrons. The highest BCUT2D eigenvalue weighted by Crippen LogP contribution is 2.23. The molecule has 0 aromatic heterocycles. The van der Waals surface area contributed by atoms with Crippen LogP contribution in [0, 0.1) is 5.92 Å². The van der Waals surface area contributed by atoms with E-state index in [0.29, 0.717) is 6.04 Å². The molecule has 0 spiro atoms. The van der Waals surface area contributed by atoms with E-state index in [-0.39, 0.29) is 12.5 Å². The third kappa shape index (κ3) is 4.17. The summed E-state index contributed by atoms with van der Waals surface area (Å²) in [6, 6.07) is 6.51. The van der Waals surface area contributed by atoms with E-state index in [1.807, 2.05) is 13.0 Å². The van der Waals surface area contributed by atoms with Gasteiger partial charge in [-0.2, -0.15) is 0 Å². The minimum atomic E-state index is 0.220. The summed E-state index contributed by atoms with van der Waals surface area (Å²) in [4.78, 5) is 0. The predicted molar refractivity (Wildman–Crippen MR) is 74.4 cm³/mol. The molecule has 0 heterocycles. The van der Waals surface area contributed by atoms with Crippen LogP contribution in [0.5, 0.6) is 0 Å². The molecular weight excluding hydrogens is 334 g/mol. The van der Waals surface area contributed by atoms with Crippen LogP contribution in [0.25, 0.3) is 0 Å². The number of aliphatic hydroxyl groups excluding tert-OH is 1. The van der Waals surface area contributed by atoms with Crippen LogP contribution in [0.2, 0.25) is 0 Å². The summed E-state index contributed by atoms with van der Waals surface area (Å²) >= 11 is 6.92. The molecule has 0 amide bonds. The molecule has 0 saturated carbocycles. The molecule has 4 heteroatoms. The van der Waals surface area contributed by atoms with Crippen molar-refractivity contribution < 1.29 is 5.11 Å². The minimum absolute atomic E-state index is 0.220. The fourth-order valence-electron chi connectivity index (χ4n) is 1.29. The van der Waals surface area contributed by atoms with E-state index in [1.165, 1.54) is 5.56 Å². The summed E-state index contributed by atoms with van der Waals surface area (Å²) in [5.74, 6) is 0.277. The SMILES string of the molecule is CC(CO)C(C)NCc1ccc(Br)c(Br)c1. The zero-order valence-corrected chi connectivity index (χ0v) is 12.7. The van der Waals surface area contributed by atoms with Crippen LogP contribution in [-0.4, -0.2) is 17.8 Å². The summed E-state index contributed by atoms with van der Waals surface area (Å²) in [6.07, 6.45) is 0. The number of halogens is 2. The highest BCUT2D eigenvalue weighted by Gasteiger charge is 2.10. The maximum Gasteiger partial charge on any atom is 0.0471 e. The average molecular weight is 351 g/mol. The Morgan fingerprint density at radius 2 is 1.94 bits per heavy atom. The molecule has 2 unspecified atom stereocenters. The predicted octanol–water partition coefficient (Wildman–Crippen LogP) is 3.32. The molecule has 16 heavy (non-hydrogen) atoms. The van der Waals surface area contributed by atoms with Gasteiger partial charge in [-0.3, -0.25) is 0 Å². The van der Waals surface area contributed by atoms with Gasteiger partial charge < -0.3 is 10.4 Å². The standard InChI is InChI=1S/C12H17Br2NO/c1-8(7-16)9(2)15-6-10-3-4-11(13)12(14)5-10/h3-5,8-9,15-16H,6-7H2,1-2H3. The number of aliphatic hydroxyl groups is 1. The van der Waals surface area contributed by atoms with Crippen molar-refractivity contribution in [3.8, 4) is 0 Å². The fourth-order valence-corrected chi connectivity index (χ4v) is 1.96. The molecule has 0 aliphatic rings. The topological polar surface area (TPSA) is 32.3 Å². The molecule has 0 fully saturated rings. The van der Waals surface area contributed by atoms with Gasteiger partial charge in [0.15, 0.2) is 0 Å². The molecule has 0 saturated heterocycles. The van der Waals surface area contributed by atoms with Gasteiger partial charge in [-0.15, -0.1) is 0 Å². The minimum Gasteiger partial charge on any atom is -0.396 e. The van der Waals surface area contributed by atoms with Crippen LogP contribution in [0.3, 0.4) is 0 Å². The lowest BCUT2D eigenvalue weighted by Crippen LogP contribution is -2.33. The molecule has 1 aromatic rings. The number of hydrogen-bond acceptors (Lipinski definition) is 2. The first kappa shape index (κ1) is 14.2. The third-order valence-corrected chi connectivity index (χ3v) is 4.63. The summed E-state index contributed by atoms with van der Waals surface area (Å²) in [5, 5.41) is 12.4. The third-order valence-electron chi connectivity index (χ3n) is 2.75. The Labute approximate surface area is 114 Å². The second-order valence-electron chi connectivity index (χ2n) is 4.08. The number of rotatable bonds is 5. The van der Waals surface area contributed by atoms with E-state index in [2.05, 4.69) is 56.2 Å². The molecule has 0 bridgehead atoms. The fraction of sp³-hybridized carbons (Fsp3) is 0.500. The van der Waals surface area contributed by atoms with Gasteiger partial charge in [-0.25, -0.2) is 0 Å². The van der Waals surface area contributed by atoms with Gasteiger partial charge in [-0.05, 0) is 62.4 Å². The molecule has 0 radical (unpaired) electrons. The van der Waals surface area contributed by atoms with Crippen LogP contribution >= 0.6 is 31.9 Å². The van der Waals surface area contributed by atoms with Gasteiger partial charge in [0.1, 0.15) is 0 Å². The van der Waals surface area contributed by atoms with E-state index in [1.54, 1.807) is 0 Å². The van der Waals surface area contributed by atoms with Crippen molar-refractivity contribution in [3.05, 3.63) is 32.7 Å². The number of hydrogen-bond donors (Lipinski definition) is 2. The lowest BCUT2D eigenvalue weighted by molar-refractivity contribution is 0.207. The Kier molecular flexibility index (Phi) is 5.97. The second-order valence-corrected chi connectivity index (χ2v) is 5.79. The normalized spacial score (nSPS) is 14.8. The van der Waals surface area contributed by atoms with Crippen molar-refractivity contribution in [2.24, 2.45) is 5.92 Å². The summed E-state index contributed by atoms with van der Waals surface area (Å²) in [6.45, 7) is 5.17. The zero-order chi connectivity index (χ0) is 12.1. The van der Waals surface area contributed by atoms with Crippen molar-refractivity contribution in [3.63, 3.8) is 0 Å². The average Bonchev–Trinajstić information content (AvgIpc) is 2.29. The smallest absolute Gasteiger partial charge is 0.0471 e. The Balaban J connectivity index is 2.51. The summed E-state index contributed by atoms with van der Waals surface area (Å²) in [5.41, 5.74) is 1.23. The number of benzene rings is 1. The van der Waals surface area contributed by atoms with Gasteiger partial charge in [0, 0.05) is 28.1 Å². The maximum absolute atomic E-state index is 9.03. The van der Waals surface area contributed by atoms with Gasteiger partial charge in [0.05, 0.1) is 0 Å². The van der Waals surface area contributed by atoms with Crippen molar-refractivity contribution >= 4 is 31.9 Å². The molecular formula is C12H17Br2NO. The van der Waals surface area contributed by atoms with Crippen LogP contribution in [0.1, 0.15) is 19.4 Å². The summed E-state index contributed by atoms with van der Waals surface area (Å²) < 4.78 is 2.13.